The number of amides is 1. The maximum atomic E-state index is 12.7. The van der Waals surface area contributed by atoms with Crippen LogP contribution >= 0.6 is 0 Å². The standard InChI is InChI=1S/C20H20N4O/c1-13-8-9-16(12-21-13)20(25)22-19-14(2)18(15-10-11-15)23-24(19)17-6-4-3-5-7-17/h3-9,12,15H,10-11H2,1-2H3,(H,22,25). The fraction of sp³-hybridized carbons (Fsp3) is 0.250. The SMILES string of the molecule is Cc1ccc(C(=O)Nc2c(C)c(C3CC3)nn2-c2ccccc2)cn1. The first-order valence-electron chi connectivity index (χ1n) is 8.52. The molecule has 2 heterocycles. The first-order chi connectivity index (χ1) is 12.1. The van der Waals surface area contributed by atoms with Gasteiger partial charge < -0.3 is 5.32 Å². The van der Waals surface area contributed by atoms with Crippen LogP contribution in [-0.4, -0.2) is 20.7 Å². The summed E-state index contributed by atoms with van der Waals surface area (Å²) in [5.74, 6) is 1.08. The van der Waals surface area contributed by atoms with E-state index in [1.54, 1.807) is 12.3 Å². The van der Waals surface area contributed by atoms with Gasteiger partial charge >= 0.3 is 0 Å². The number of carbonyl (C=O) groups is 1. The molecule has 4 rings (SSSR count). The smallest absolute Gasteiger partial charge is 0.258 e. The van der Waals surface area contributed by atoms with Crippen LogP contribution in [0, 0.1) is 13.8 Å². The molecule has 1 N–H and O–H groups in total. The molecule has 0 radical (unpaired) electrons. The van der Waals surface area contributed by atoms with Gasteiger partial charge in [-0.2, -0.15) is 5.10 Å². The van der Waals surface area contributed by atoms with E-state index >= 15 is 0 Å². The third kappa shape index (κ3) is 3.05. The minimum atomic E-state index is -0.171. The van der Waals surface area contributed by atoms with Gasteiger partial charge in [0.05, 0.1) is 16.9 Å². The van der Waals surface area contributed by atoms with Crippen molar-refractivity contribution < 1.29 is 4.79 Å². The zero-order valence-electron chi connectivity index (χ0n) is 14.4. The zero-order chi connectivity index (χ0) is 17.4. The Morgan fingerprint density at radius 2 is 1.88 bits per heavy atom. The van der Waals surface area contributed by atoms with E-state index in [0.717, 1.165) is 28.5 Å². The third-order valence-corrected chi connectivity index (χ3v) is 4.53. The second kappa shape index (κ2) is 6.16. The van der Waals surface area contributed by atoms with Crippen molar-refractivity contribution in [2.75, 3.05) is 5.32 Å². The lowest BCUT2D eigenvalue weighted by atomic mass is 10.2. The number of hydrogen-bond donors (Lipinski definition) is 1. The summed E-state index contributed by atoms with van der Waals surface area (Å²) in [6.07, 6.45) is 3.94. The second-order valence-corrected chi connectivity index (χ2v) is 6.52. The molecule has 1 aliphatic rings. The second-order valence-electron chi connectivity index (χ2n) is 6.52. The van der Waals surface area contributed by atoms with Crippen LogP contribution in [0.4, 0.5) is 5.82 Å². The molecule has 0 saturated heterocycles. The number of nitrogens with zero attached hydrogens (tertiary/aromatic N) is 3. The van der Waals surface area contributed by atoms with Gasteiger partial charge in [0.15, 0.2) is 0 Å². The van der Waals surface area contributed by atoms with E-state index in [9.17, 15) is 4.79 Å². The first-order valence-corrected chi connectivity index (χ1v) is 8.52. The number of pyridine rings is 1. The van der Waals surface area contributed by atoms with Gasteiger partial charge in [0.2, 0.25) is 0 Å². The summed E-state index contributed by atoms with van der Waals surface area (Å²) >= 11 is 0. The number of rotatable bonds is 4. The normalized spacial score (nSPS) is 13.7. The van der Waals surface area contributed by atoms with Crippen molar-refractivity contribution in [2.45, 2.75) is 32.6 Å². The Balaban J connectivity index is 1.72. The first kappa shape index (κ1) is 15.6. The molecular weight excluding hydrogens is 312 g/mol. The van der Waals surface area contributed by atoms with Gasteiger partial charge in [0.25, 0.3) is 5.91 Å². The maximum Gasteiger partial charge on any atom is 0.258 e. The Morgan fingerprint density at radius 3 is 2.52 bits per heavy atom. The average Bonchev–Trinajstić information content (AvgIpc) is 3.42. The van der Waals surface area contributed by atoms with Crippen LogP contribution in [-0.2, 0) is 0 Å². The number of para-hydroxylation sites is 1. The van der Waals surface area contributed by atoms with Crippen molar-refractivity contribution in [1.82, 2.24) is 14.8 Å². The van der Waals surface area contributed by atoms with Crippen LogP contribution < -0.4 is 5.32 Å². The summed E-state index contributed by atoms with van der Waals surface area (Å²) in [4.78, 5) is 16.9. The molecule has 3 aromatic rings. The molecule has 0 spiro atoms. The quantitative estimate of drug-likeness (QED) is 0.785. The van der Waals surface area contributed by atoms with Crippen LogP contribution in [0.15, 0.2) is 48.7 Å². The summed E-state index contributed by atoms with van der Waals surface area (Å²) in [6, 6.07) is 13.5. The lowest BCUT2D eigenvalue weighted by Crippen LogP contribution is -2.16. The van der Waals surface area contributed by atoms with Gasteiger partial charge in [-0.25, -0.2) is 4.68 Å². The molecule has 1 aromatic carbocycles. The minimum Gasteiger partial charge on any atom is -0.306 e. The third-order valence-electron chi connectivity index (χ3n) is 4.53. The molecule has 5 nitrogen and oxygen atoms in total. The van der Waals surface area contributed by atoms with E-state index < -0.39 is 0 Å². The molecule has 25 heavy (non-hydrogen) atoms. The highest BCUT2D eigenvalue weighted by Gasteiger charge is 2.31. The largest absolute Gasteiger partial charge is 0.306 e. The van der Waals surface area contributed by atoms with Crippen LogP contribution in [0.3, 0.4) is 0 Å². The Morgan fingerprint density at radius 1 is 1.12 bits per heavy atom. The van der Waals surface area contributed by atoms with Crippen LogP contribution in [0.1, 0.15) is 46.1 Å². The maximum absolute atomic E-state index is 12.7. The predicted octanol–water partition coefficient (Wildman–Crippen LogP) is 4.01. The van der Waals surface area contributed by atoms with Gasteiger partial charge in [0, 0.05) is 23.4 Å². The molecule has 1 fully saturated rings. The lowest BCUT2D eigenvalue weighted by Gasteiger charge is -2.10. The van der Waals surface area contributed by atoms with Crippen molar-refractivity contribution in [3.05, 3.63) is 71.2 Å². The zero-order valence-corrected chi connectivity index (χ0v) is 14.4. The summed E-state index contributed by atoms with van der Waals surface area (Å²) in [5.41, 5.74) is 4.49. The number of nitrogens with one attached hydrogen (secondary N) is 1. The molecule has 0 aliphatic heterocycles. The van der Waals surface area contributed by atoms with Gasteiger partial charge in [0.1, 0.15) is 5.82 Å². The monoisotopic (exact) mass is 332 g/mol. The van der Waals surface area contributed by atoms with Crippen molar-refractivity contribution in [2.24, 2.45) is 0 Å². The fourth-order valence-corrected chi connectivity index (χ4v) is 2.94. The number of anilines is 1. The Labute approximate surface area is 146 Å². The predicted molar refractivity (Wildman–Crippen MR) is 97.2 cm³/mol. The highest BCUT2D eigenvalue weighted by atomic mass is 16.1. The molecule has 5 heteroatoms. The highest BCUT2D eigenvalue weighted by Crippen LogP contribution is 2.43. The molecular formula is C20H20N4O. The van der Waals surface area contributed by atoms with Crippen LogP contribution in [0.5, 0.6) is 0 Å². The highest BCUT2D eigenvalue weighted by molar-refractivity contribution is 6.04. The number of hydrogen-bond acceptors (Lipinski definition) is 3. The van der Waals surface area contributed by atoms with Gasteiger partial charge in [-0.05, 0) is 51.0 Å². The number of aryl methyl sites for hydroxylation is 1. The molecule has 1 aliphatic carbocycles. The van der Waals surface area contributed by atoms with E-state index in [2.05, 4.69) is 10.3 Å². The van der Waals surface area contributed by atoms with Crippen molar-refractivity contribution in [1.29, 1.82) is 0 Å². The summed E-state index contributed by atoms with van der Waals surface area (Å²) in [7, 11) is 0. The van der Waals surface area contributed by atoms with E-state index in [1.165, 1.54) is 12.8 Å². The molecule has 0 atom stereocenters. The fourth-order valence-electron chi connectivity index (χ4n) is 2.94. The molecule has 1 amide bonds. The number of benzene rings is 1. The summed E-state index contributed by atoms with van der Waals surface area (Å²) < 4.78 is 1.84. The van der Waals surface area contributed by atoms with E-state index in [1.807, 2.05) is 54.9 Å². The molecule has 2 aromatic heterocycles. The topological polar surface area (TPSA) is 59.8 Å². The molecule has 1 saturated carbocycles. The minimum absolute atomic E-state index is 0.171. The van der Waals surface area contributed by atoms with Crippen LogP contribution in [0.2, 0.25) is 0 Å². The summed E-state index contributed by atoms with van der Waals surface area (Å²) in [6.45, 7) is 3.93. The number of aromatic nitrogens is 3. The molecule has 0 bridgehead atoms. The molecule has 126 valence electrons. The Bertz CT molecular complexity index is 909. The number of carbonyl (C=O) groups excluding carboxylic acids is 1. The summed E-state index contributed by atoms with van der Waals surface area (Å²) in [5, 5.41) is 7.83. The van der Waals surface area contributed by atoms with Gasteiger partial charge in [-0.3, -0.25) is 9.78 Å². The Hall–Kier alpha value is -2.95. The van der Waals surface area contributed by atoms with Gasteiger partial charge in [-0.15, -0.1) is 0 Å². The van der Waals surface area contributed by atoms with E-state index in [-0.39, 0.29) is 5.91 Å². The van der Waals surface area contributed by atoms with Crippen LogP contribution in [0.25, 0.3) is 5.69 Å². The lowest BCUT2D eigenvalue weighted by molar-refractivity contribution is 0.102. The molecule has 0 unspecified atom stereocenters. The van der Waals surface area contributed by atoms with E-state index in [0.29, 0.717) is 11.5 Å². The van der Waals surface area contributed by atoms with Crippen molar-refractivity contribution in [3.63, 3.8) is 0 Å². The van der Waals surface area contributed by atoms with Gasteiger partial charge in [-0.1, -0.05) is 18.2 Å². The van der Waals surface area contributed by atoms with Crippen molar-refractivity contribution >= 4 is 11.7 Å². The van der Waals surface area contributed by atoms with E-state index in [4.69, 9.17) is 5.10 Å². The van der Waals surface area contributed by atoms with Crippen molar-refractivity contribution in [3.8, 4) is 5.69 Å². The average molecular weight is 332 g/mol. The Kier molecular flexibility index (Phi) is 3.84.